The smallest absolute Gasteiger partial charge is 0.384 e. The van der Waals surface area contributed by atoms with Crippen LogP contribution in [-0.2, 0) is 17.5 Å². The summed E-state index contributed by atoms with van der Waals surface area (Å²) in [6.07, 6.45) is -4.45. The van der Waals surface area contributed by atoms with E-state index in [0.29, 0.717) is 11.4 Å². The molecule has 1 aromatic heterocycles. The van der Waals surface area contributed by atoms with E-state index in [0.717, 1.165) is 6.07 Å². The van der Waals surface area contributed by atoms with E-state index in [1.54, 1.807) is 13.0 Å². The van der Waals surface area contributed by atoms with Gasteiger partial charge in [-0.15, -0.1) is 0 Å². The molecular formula is C14H16F3N3O2. The Labute approximate surface area is 124 Å². The van der Waals surface area contributed by atoms with Crippen LogP contribution in [0.4, 0.5) is 13.2 Å². The molecule has 2 heterocycles. The first-order chi connectivity index (χ1) is 10.3. The molecule has 8 heteroatoms. The van der Waals surface area contributed by atoms with Crippen molar-refractivity contribution in [2.75, 3.05) is 19.8 Å². The van der Waals surface area contributed by atoms with Crippen LogP contribution in [-0.4, -0.2) is 40.4 Å². The van der Waals surface area contributed by atoms with Crippen LogP contribution in [0, 0.1) is 6.92 Å². The summed E-state index contributed by atoms with van der Waals surface area (Å²) in [7, 11) is 0. The lowest BCUT2D eigenvalue weighted by Crippen LogP contribution is -2.56. The van der Waals surface area contributed by atoms with Gasteiger partial charge in [0, 0.05) is 13.1 Å². The van der Waals surface area contributed by atoms with Gasteiger partial charge in [0.1, 0.15) is 11.4 Å². The van der Waals surface area contributed by atoms with E-state index < -0.39 is 17.3 Å². The molecule has 0 amide bonds. The second kappa shape index (κ2) is 5.22. The monoisotopic (exact) mass is 315 g/mol. The maximum Gasteiger partial charge on any atom is 0.418 e. The molecular weight excluding hydrogens is 299 g/mol. The van der Waals surface area contributed by atoms with E-state index in [9.17, 15) is 18.3 Å². The number of aromatic amines is 1. The standard InChI is InChI=1S/C14H16F3N3O2/c1-8-19-11-3-9(4-18-5-13(21)6-22-7-13)2-10(12(11)20-8)14(15,16)17/h2-3,18,21H,4-7H2,1H3,(H,19,20). The fraction of sp³-hybridized carbons (Fsp3) is 0.500. The number of aliphatic hydroxyl groups is 1. The van der Waals surface area contributed by atoms with Gasteiger partial charge in [-0.25, -0.2) is 4.98 Å². The Balaban J connectivity index is 1.83. The Hall–Kier alpha value is -1.64. The number of nitrogens with zero attached hydrogens (tertiary/aromatic N) is 1. The molecule has 3 N–H and O–H groups in total. The Bertz CT molecular complexity index is 692. The minimum absolute atomic E-state index is 0.000212. The number of alkyl halides is 3. The van der Waals surface area contributed by atoms with Crippen LogP contribution < -0.4 is 5.32 Å². The number of nitrogens with one attached hydrogen (secondary N) is 2. The van der Waals surface area contributed by atoms with Gasteiger partial charge in [-0.05, 0) is 24.6 Å². The molecule has 0 aliphatic carbocycles. The Morgan fingerprint density at radius 3 is 2.73 bits per heavy atom. The van der Waals surface area contributed by atoms with Gasteiger partial charge in [-0.1, -0.05) is 0 Å². The number of fused-ring (bicyclic) bond motifs is 1. The molecule has 5 nitrogen and oxygen atoms in total. The van der Waals surface area contributed by atoms with E-state index in [1.165, 1.54) is 0 Å². The van der Waals surface area contributed by atoms with Gasteiger partial charge < -0.3 is 20.1 Å². The van der Waals surface area contributed by atoms with Gasteiger partial charge in [-0.2, -0.15) is 13.2 Å². The summed E-state index contributed by atoms with van der Waals surface area (Å²) in [6.45, 7) is 2.58. The van der Waals surface area contributed by atoms with Gasteiger partial charge in [0.15, 0.2) is 0 Å². The predicted octanol–water partition coefficient (Wildman–Crippen LogP) is 1.74. The number of H-pyrrole nitrogens is 1. The number of ether oxygens (including phenoxy) is 1. The van der Waals surface area contributed by atoms with E-state index in [-0.39, 0.29) is 37.3 Å². The predicted molar refractivity (Wildman–Crippen MR) is 73.3 cm³/mol. The molecule has 1 aliphatic heterocycles. The van der Waals surface area contributed by atoms with Crippen LogP contribution in [0.15, 0.2) is 12.1 Å². The lowest BCUT2D eigenvalue weighted by atomic mass is 10.0. The van der Waals surface area contributed by atoms with Crippen LogP contribution in [0.5, 0.6) is 0 Å². The van der Waals surface area contributed by atoms with E-state index in [4.69, 9.17) is 4.74 Å². The first-order valence-electron chi connectivity index (χ1n) is 6.84. The zero-order valence-electron chi connectivity index (χ0n) is 11.9. The van der Waals surface area contributed by atoms with Crippen molar-refractivity contribution < 1.29 is 23.0 Å². The van der Waals surface area contributed by atoms with Crippen molar-refractivity contribution >= 4 is 11.0 Å². The molecule has 1 saturated heterocycles. The van der Waals surface area contributed by atoms with Crippen molar-refractivity contribution in [3.05, 3.63) is 29.1 Å². The molecule has 22 heavy (non-hydrogen) atoms. The second-order valence-electron chi connectivity index (χ2n) is 5.68. The summed E-state index contributed by atoms with van der Waals surface area (Å²) >= 11 is 0. The van der Waals surface area contributed by atoms with Gasteiger partial charge in [0.05, 0.1) is 29.8 Å². The van der Waals surface area contributed by atoms with Crippen molar-refractivity contribution in [2.45, 2.75) is 25.2 Å². The SMILES string of the molecule is Cc1nc2cc(CNCC3(O)COC3)cc(C(F)(F)F)c2[nH]1. The number of rotatable bonds is 4. The fourth-order valence-corrected chi connectivity index (χ4v) is 2.50. The normalized spacial score (nSPS) is 17.7. The number of imidazole rings is 1. The topological polar surface area (TPSA) is 70.2 Å². The average molecular weight is 315 g/mol. The van der Waals surface area contributed by atoms with Crippen LogP contribution in [0.2, 0.25) is 0 Å². The van der Waals surface area contributed by atoms with Crippen molar-refractivity contribution in [3.63, 3.8) is 0 Å². The number of aryl methyl sites for hydroxylation is 1. The highest BCUT2D eigenvalue weighted by Crippen LogP contribution is 2.34. The van der Waals surface area contributed by atoms with Gasteiger partial charge in [-0.3, -0.25) is 0 Å². The third kappa shape index (κ3) is 2.94. The summed E-state index contributed by atoms with van der Waals surface area (Å²) < 4.78 is 44.4. The highest BCUT2D eigenvalue weighted by atomic mass is 19.4. The average Bonchev–Trinajstić information content (AvgIpc) is 2.74. The van der Waals surface area contributed by atoms with Crippen molar-refractivity contribution in [2.24, 2.45) is 0 Å². The molecule has 120 valence electrons. The first kappa shape index (κ1) is 15.3. The van der Waals surface area contributed by atoms with Crippen molar-refractivity contribution in [1.29, 1.82) is 0 Å². The molecule has 0 bridgehead atoms. The molecule has 0 atom stereocenters. The molecule has 1 fully saturated rings. The van der Waals surface area contributed by atoms with Crippen LogP contribution >= 0.6 is 0 Å². The van der Waals surface area contributed by atoms with Crippen LogP contribution in [0.3, 0.4) is 0 Å². The number of benzene rings is 1. The zero-order valence-corrected chi connectivity index (χ0v) is 11.9. The molecule has 0 saturated carbocycles. The number of hydrogen-bond donors (Lipinski definition) is 3. The third-order valence-corrected chi connectivity index (χ3v) is 3.60. The molecule has 1 aromatic carbocycles. The molecule has 0 spiro atoms. The van der Waals surface area contributed by atoms with Crippen LogP contribution in [0.1, 0.15) is 17.0 Å². The van der Waals surface area contributed by atoms with Crippen molar-refractivity contribution in [1.82, 2.24) is 15.3 Å². The Kier molecular flexibility index (Phi) is 3.62. The molecule has 1 aliphatic rings. The Morgan fingerprint density at radius 2 is 2.14 bits per heavy atom. The zero-order chi connectivity index (χ0) is 16.0. The van der Waals surface area contributed by atoms with Gasteiger partial charge in [0.2, 0.25) is 0 Å². The number of hydrogen-bond acceptors (Lipinski definition) is 4. The quantitative estimate of drug-likeness (QED) is 0.804. The summed E-state index contributed by atoms with van der Waals surface area (Å²) in [5.74, 6) is 0.437. The van der Waals surface area contributed by atoms with Gasteiger partial charge in [0.25, 0.3) is 0 Å². The third-order valence-electron chi connectivity index (χ3n) is 3.60. The maximum absolute atomic E-state index is 13.2. The lowest BCUT2D eigenvalue weighted by Gasteiger charge is -2.36. The first-order valence-corrected chi connectivity index (χ1v) is 6.84. The number of aromatic nitrogens is 2. The summed E-state index contributed by atoms with van der Waals surface area (Å²) in [6, 6.07) is 2.72. The van der Waals surface area contributed by atoms with E-state index >= 15 is 0 Å². The molecule has 0 unspecified atom stereocenters. The fourth-order valence-electron chi connectivity index (χ4n) is 2.50. The minimum Gasteiger partial charge on any atom is -0.384 e. The largest absolute Gasteiger partial charge is 0.418 e. The van der Waals surface area contributed by atoms with Crippen molar-refractivity contribution in [3.8, 4) is 0 Å². The Morgan fingerprint density at radius 1 is 1.41 bits per heavy atom. The summed E-state index contributed by atoms with van der Waals surface area (Å²) in [5.41, 5.74) is -0.891. The summed E-state index contributed by atoms with van der Waals surface area (Å²) in [5, 5.41) is 12.8. The van der Waals surface area contributed by atoms with Crippen LogP contribution in [0.25, 0.3) is 11.0 Å². The molecule has 0 radical (unpaired) electrons. The lowest BCUT2D eigenvalue weighted by molar-refractivity contribution is -0.174. The van der Waals surface area contributed by atoms with E-state index in [2.05, 4.69) is 15.3 Å². The minimum atomic E-state index is -4.45. The summed E-state index contributed by atoms with van der Waals surface area (Å²) in [4.78, 5) is 6.73. The highest BCUT2D eigenvalue weighted by Gasteiger charge is 2.36. The van der Waals surface area contributed by atoms with Gasteiger partial charge >= 0.3 is 6.18 Å². The maximum atomic E-state index is 13.2. The molecule has 3 rings (SSSR count). The number of halogens is 3. The second-order valence-corrected chi connectivity index (χ2v) is 5.68. The highest BCUT2D eigenvalue weighted by molar-refractivity contribution is 5.80. The molecule has 2 aromatic rings. The van der Waals surface area contributed by atoms with E-state index in [1.807, 2.05) is 0 Å².